The molecule has 12 heteroatoms. The summed E-state index contributed by atoms with van der Waals surface area (Å²) < 4.78 is 12.1. The maximum atomic E-state index is 14.5. The Morgan fingerprint density at radius 3 is 2.54 bits per heavy atom. The molecule has 2 aromatic rings. The lowest BCUT2D eigenvalue weighted by molar-refractivity contribution is -0.146. The Labute approximate surface area is 281 Å². The molecular weight excluding hydrogens is 678 g/mol. The highest BCUT2D eigenvalue weighted by molar-refractivity contribution is 9.09. The maximum absolute atomic E-state index is 14.5. The number of carbonyl (C=O) groups excluding carboxylic acids is 4. The van der Waals surface area contributed by atoms with Crippen LogP contribution in [0.4, 0.5) is 5.69 Å². The zero-order chi connectivity index (χ0) is 33.0. The van der Waals surface area contributed by atoms with Crippen molar-refractivity contribution < 1.29 is 33.8 Å². The highest BCUT2D eigenvalue weighted by Crippen LogP contribution is 2.60. The lowest BCUT2D eigenvalue weighted by Gasteiger charge is -2.37. The van der Waals surface area contributed by atoms with E-state index >= 15 is 0 Å². The van der Waals surface area contributed by atoms with E-state index in [0.717, 1.165) is 5.56 Å². The number of hydrogen-bond acceptors (Lipinski definition) is 7. The van der Waals surface area contributed by atoms with Crippen molar-refractivity contribution in [2.75, 3.05) is 31.2 Å². The summed E-state index contributed by atoms with van der Waals surface area (Å²) in [5, 5.41) is 13.5. The van der Waals surface area contributed by atoms with Gasteiger partial charge >= 0.3 is 5.97 Å². The van der Waals surface area contributed by atoms with Crippen LogP contribution in [0, 0.1) is 11.8 Å². The van der Waals surface area contributed by atoms with Gasteiger partial charge in [0.2, 0.25) is 11.8 Å². The summed E-state index contributed by atoms with van der Waals surface area (Å²) in [7, 11) is 0. The van der Waals surface area contributed by atoms with E-state index in [1.54, 1.807) is 36.4 Å². The third kappa shape index (κ3) is 6.38. The molecule has 3 aliphatic heterocycles. The van der Waals surface area contributed by atoms with Crippen molar-refractivity contribution in [3.63, 3.8) is 0 Å². The first kappa shape index (κ1) is 33.8. The first-order valence-electron chi connectivity index (χ1n) is 15.2. The summed E-state index contributed by atoms with van der Waals surface area (Å²) >= 11 is 9.78. The molecule has 5 rings (SSSR count). The second kappa shape index (κ2) is 14.5. The largest absolute Gasteiger partial charge is 0.463 e. The number of anilines is 1. The van der Waals surface area contributed by atoms with Crippen LogP contribution >= 0.6 is 27.5 Å². The standard InChI is InChI=1S/C34H37BrClN3O7/c1-3-5-11-26(41)45-20-25(21-9-7-6-8-10-21)37-31(42)27-28-32(43)39(17-18-40)30(34(28)19-24(35)29(27)46-34)33(44)38(16-4-2)23-14-12-22(36)13-15-23/h3-4,6-10,12-15,24-25,27-30,40H,1-2,5,11,16-20H2,(H,37,42)/t24?,25-,27-,28+,29-,30-,34+/m0/s1. The predicted octanol–water partition coefficient (Wildman–Crippen LogP) is 3.97. The number of rotatable bonds is 14. The molecule has 2 aromatic carbocycles. The zero-order valence-electron chi connectivity index (χ0n) is 25.2. The molecule has 1 unspecified atom stereocenters. The number of hydrogen-bond donors (Lipinski definition) is 2. The molecule has 10 nitrogen and oxygen atoms in total. The van der Waals surface area contributed by atoms with Gasteiger partial charge in [0, 0.05) is 35.0 Å². The minimum Gasteiger partial charge on any atom is -0.463 e. The number of nitrogens with one attached hydrogen (secondary N) is 1. The summed E-state index contributed by atoms with van der Waals surface area (Å²) in [4.78, 5) is 57.7. The van der Waals surface area contributed by atoms with Crippen LogP contribution in [0.1, 0.15) is 30.9 Å². The lowest BCUT2D eigenvalue weighted by Crippen LogP contribution is -2.57. The number of aliphatic hydroxyl groups excluding tert-OH is 1. The second-order valence-electron chi connectivity index (χ2n) is 11.6. The fourth-order valence-electron chi connectivity index (χ4n) is 6.92. The predicted molar refractivity (Wildman–Crippen MR) is 176 cm³/mol. The van der Waals surface area contributed by atoms with Crippen LogP contribution in [-0.4, -0.2) is 82.6 Å². The summed E-state index contributed by atoms with van der Waals surface area (Å²) in [6.07, 6.45) is 3.45. The van der Waals surface area contributed by atoms with Crippen molar-refractivity contribution in [2.24, 2.45) is 11.8 Å². The van der Waals surface area contributed by atoms with Crippen molar-refractivity contribution in [3.8, 4) is 0 Å². The maximum Gasteiger partial charge on any atom is 0.306 e. The van der Waals surface area contributed by atoms with Crippen LogP contribution in [0.3, 0.4) is 0 Å². The normalized spacial score (nSPS) is 26.7. The van der Waals surface area contributed by atoms with Crippen LogP contribution in [-0.2, 0) is 28.7 Å². The fourth-order valence-corrected chi connectivity index (χ4v) is 7.99. The van der Waals surface area contributed by atoms with Gasteiger partial charge in [-0.2, -0.15) is 0 Å². The molecular formula is C34H37BrClN3O7. The Morgan fingerprint density at radius 2 is 1.89 bits per heavy atom. The third-order valence-corrected chi connectivity index (χ3v) is 9.96. The first-order valence-corrected chi connectivity index (χ1v) is 16.5. The molecule has 3 saturated heterocycles. The molecule has 0 aromatic heterocycles. The highest BCUT2D eigenvalue weighted by atomic mass is 79.9. The number of nitrogens with zero attached hydrogens (tertiary/aromatic N) is 2. The molecule has 7 atom stereocenters. The molecule has 3 fully saturated rings. The molecule has 46 heavy (non-hydrogen) atoms. The van der Waals surface area contributed by atoms with Crippen molar-refractivity contribution in [1.29, 1.82) is 0 Å². The van der Waals surface area contributed by atoms with Gasteiger partial charge in [-0.05, 0) is 42.7 Å². The Hall–Kier alpha value is -3.51. The van der Waals surface area contributed by atoms with Gasteiger partial charge in [-0.25, -0.2) is 0 Å². The Kier molecular flexibility index (Phi) is 10.7. The van der Waals surface area contributed by atoms with E-state index in [2.05, 4.69) is 34.4 Å². The molecule has 1 spiro atoms. The molecule has 3 amide bonds. The zero-order valence-corrected chi connectivity index (χ0v) is 27.6. The number of esters is 1. The van der Waals surface area contributed by atoms with Crippen LogP contribution in [0.15, 0.2) is 79.9 Å². The minimum atomic E-state index is -1.32. The number of aliphatic hydroxyl groups is 1. The van der Waals surface area contributed by atoms with Crippen LogP contribution in [0.5, 0.6) is 0 Å². The quantitative estimate of drug-likeness (QED) is 0.173. The van der Waals surface area contributed by atoms with Gasteiger partial charge in [0.1, 0.15) is 18.2 Å². The third-order valence-electron chi connectivity index (χ3n) is 8.86. The Balaban J connectivity index is 1.46. The number of halogens is 2. The fraction of sp³-hybridized carbons (Fsp3) is 0.412. The molecule has 0 saturated carbocycles. The Bertz CT molecular complexity index is 1470. The van der Waals surface area contributed by atoms with Crippen LogP contribution < -0.4 is 10.2 Å². The number of allylic oxidation sites excluding steroid dienone is 1. The van der Waals surface area contributed by atoms with Gasteiger partial charge in [0.05, 0.1) is 30.6 Å². The lowest BCUT2D eigenvalue weighted by atomic mass is 9.70. The average molecular weight is 715 g/mol. The second-order valence-corrected chi connectivity index (χ2v) is 13.2. The molecule has 244 valence electrons. The topological polar surface area (TPSA) is 125 Å². The van der Waals surface area contributed by atoms with E-state index in [4.69, 9.17) is 21.1 Å². The van der Waals surface area contributed by atoms with E-state index < -0.39 is 59.3 Å². The number of fused-ring (bicyclic) bond motifs is 1. The van der Waals surface area contributed by atoms with Crippen LogP contribution in [0.25, 0.3) is 0 Å². The summed E-state index contributed by atoms with van der Waals surface area (Å²) in [6.45, 7) is 6.98. The summed E-state index contributed by atoms with van der Waals surface area (Å²) in [5.74, 6) is -3.65. The number of carbonyl (C=O) groups is 4. The molecule has 3 heterocycles. The Morgan fingerprint density at radius 1 is 1.17 bits per heavy atom. The molecule has 3 aliphatic rings. The molecule has 0 radical (unpaired) electrons. The number of benzene rings is 2. The molecule has 0 aliphatic carbocycles. The van der Waals surface area contributed by atoms with Crippen LogP contribution in [0.2, 0.25) is 5.02 Å². The number of likely N-dealkylation sites (tertiary alicyclic amines) is 1. The SMILES string of the molecule is C=CCCC(=O)OC[C@H](NC(=O)[C@@H]1[C@H]2O[C@@]3(CC2Br)[C@H](C(=O)N(CC=C)c2ccc(Cl)cc2)N(CCO)C(=O)[C@@H]13)c1ccccc1. The van der Waals surface area contributed by atoms with E-state index in [1.807, 2.05) is 30.3 Å². The smallest absolute Gasteiger partial charge is 0.306 e. The molecule has 2 N–H and O–H groups in total. The van der Waals surface area contributed by atoms with Gasteiger partial charge in [-0.1, -0.05) is 70.0 Å². The summed E-state index contributed by atoms with van der Waals surface area (Å²) in [5.41, 5.74) is -0.0523. The van der Waals surface area contributed by atoms with E-state index in [9.17, 15) is 24.3 Å². The average Bonchev–Trinajstić information content (AvgIpc) is 3.64. The van der Waals surface area contributed by atoms with Gasteiger partial charge in [0.15, 0.2) is 0 Å². The van der Waals surface area contributed by atoms with E-state index in [0.29, 0.717) is 23.6 Å². The number of amides is 3. The van der Waals surface area contributed by atoms with Gasteiger partial charge in [-0.3, -0.25) is 19.2 Å². The van der Waals surface area contributed by atoms with Crippen molar-refractivity contribution in [2.45, 2.75) is 47.9 Å². The highest BCUT2D eigenvalue weighted by Gasteiger charge is 2.76. The van der Waals surface area contributed by atoms with Gasteiger partial charge in [0.25, 0.3) is 5.91 Å². The van der Waals surface area contributed by atoms with Gasteiger partial charge < -0.3 is 29.7 Å². The minimum absolute atomic E-state index is 0.110. The number of ether oxygens (including phenoxy) is 2. The number of alkyl halides is 1. The van der Waals surface area contributed by atoms with Crippen molar-refractivity contribution in [1.82, 2.24) is 10.2 Å². The first-order chi connectivity index (χ1) is 22.2. The number of β-amino-alcohol motifs (C(OH)–C–C–N with tert-alkyl or cyclic N) is 1. The summed E-state index contributed by atoms with van der Waals surface area (Å²) in [6, 6.07) is 14.0. The molecule has 2 bridgehead atoms. The van der Waals surface area contributed by atoms with Crippen molar-refractivity contribution in [3.05, 3.63) is 90.5 Å². The van der Waals surface area contributed by atoms with E-state index in [1.165, 1.54) is 9.80 Å². The van der Waals surface area contributed by atoms with Crippen molar-refractivity contribution >= 4 is 56.9 Å². The monoisotopic (exact) mass is 713 g/mol. The van der Waals surface area contributed by atoms with Gasteiger partial charge in [-0.15, -0.1) is 13.2 Å². The van der Waals surface area contributed by atoms with E-state index in [-0.39, 0.29) is 37.6 Å².